The largest absolute Gasteiger partial charge is 0.497 e. The number of anilines is 1. The quantitative estimate of drug-likeness (QED) is 0.668. The first-order valence-electron chi connectivity index (χ1n) is 8.37. The number of Topliss-reactive ketones (excluding diaryl/α,β-unsaturated/α-hetero) is 1. The zero-order chi connectivity index (χ0) is 17.2. The number of thiophene rings is 1. The Morgan fingerprint density at radius 3 is 2.64 bits per heavy atom. The molecule has 1 aliphatic rings. The molecule has 1 aliphatic heterocycles. The van der Waals surface area contributed by atoms with Crippen LogP contribution in [0.4, 0.5) is 5.82 Å². The predicted molar refractivity (Wildman–Crippen MR) is 99.7 cm³/mol. The van der Waals surface area contributed by atoms with Crippen LogP contribution in [0.5, 0.6) is 5.75 Å². The van der Waals surface area contributed by atoms with Gasteiger partial charge in [-0.25, -0.2) is 9.97 Å². The van der Waals surface area contributed by atoms with Crippen molar-refractivity contribution >= 4 is 33.2 Å². The van der Waals surface area contributed by atoms with Crippen molar-refractivity contribution in [3.05, 3.63) is 47.6 Å². The Labute approximate surface area is 150 Å². The third-order valence-electron chi connectivity index (χ3n) is 4.78. The van der Waals surface area contributed by atoms with Crippen molar-refractivity contribution in [1.82, 2.24) is 9.97 Å². The first-order valence-corrected chi connectivity index (χ1v) is 9.25. The van der Waals surface area contributed by atoms with Crippen LogP contribution in [0.1, 0.15) is 23.2 Å². The lowest BCUT2D eigenvalue weighted by atomic mass is 9.89. The molecule has 0 saturated carbocycles. The Kier molecular flexibility index (Phi) is 4.36. The normalized spacial score (nSPS) is 15.5. The maximum atomic E-state index is 12.7. The van der Waals surface area contributed by atoms with Gasteiger partial charge in [0.25, 0.3) is 0 Å². The topological polar surface area (TPSA) is 55.3 Å². The number of nitrogens with zero attached hydrogens (tertiary/aromatic N) is 3. The summed E-state index contributed by atoms with van der Waals surface area (Å²) < 4.78 is 5.16. The predicted octanol–water partition coefficient (Wildman–Crippen LogP) is 3.80. The lowest BCUT2D eigenvalue weighted by Gasteiger charge is -2.32. The Morgan fingerprint density at radius 2 is 1.92 bits per heavy atom. The van der Waals surface area contributed by atoms with Crippen molar-refractivity contribution in [3.63, 3.8) is 0 Å². The van der Waals surface area contributed by atoms with Crippen LogP contribution < -0.4 is 9.64 Å². The Hall–Kier alpha value is -2.47. The van der Waals surface area contributed by atoms with E-state index < -0.39 is 0 Å². The minimum absolute atomic E-state index is 0.0736. The van der Waals surface area contributed by atoms with Crippen LogP contribution >= 0.6 is 11.3 Å². The summed E-state index contributed by atoms with van der Waals surface area (Å²) in [6.45, 7) is 1.68. The van der Waals surface area contributed by atoms with Crippen LogP contribution in [0.15, 0.2) is 42.0 Å². The summed E-state index contributed by atoms with van der Waals surface area (Å²) in [6, 6.07) is 9.47. The molecule has 2 aromatic heterocycles. The van der Waals surface area contributed by atoms with E-state index in [-0.39, 0.29) is 11.7 Å². The van der Waals surface area contributed by atoms with Gasteiger partial charge in [-0.15, -0.1) is 11.3 Å². The van der Waals surface area contributed by atoms with Crippen molar-refractivity contribution in [3.8, 4) is 5.75 Å². The van der Waals surface area contributed by atoms with Crippen molar-refractivity contribution in [2.24, 2.45) is 5.92 Å². The molecule has 5 nitrogen and oxygen atoms in total. The fourth-order valence-corrected chi connectivity index (χ4v) is 4.10. The molecule has 1 aromatic carbocycles. The molecule has 0 amide bonds. The van der Waals surface area contributed by atoms with Gasteiger partial charge in [-0.1, -0.05) is 0 Å². The fraction of sp³-hybridized carbons (Fsp3) is 0.316. The highest BCUT2D eigenvalue weighted by atomic mass is 32.1. The van der Waals surface area contributed by atoms with E-state index in [1.54, 1.807) is 24.8 Å². The monoisotopic (exact) mass is 353 g/mol. The SMILES string of the molecule is COc1ccc(C(=O)C2CCN(c3ncnc4sccc34)CC2)cc1. The third-order valence-corrected chi connectivity index (χ3v) is 5.60. The number of carbonyl (C=O) groups excluding carboxylic acids is 1. The number of carbonyl (C=O) groups is 1. The minimum atomic E-state index is 0.0736. The zero-order valence-electron chi connectivity index (χ0n) is 14.0. The van der Waals surface area contributed by atoms with E-state index in [9.17, 15) is 4.79 Å². The van der Waals surface area contributed by atoms with Crippen LogP contribution in [0.25, 0.3) is 10.2 Å². The number of rotatable bonds is 4. The summed E-state index contributed by atoms with van der Waals surface area (Å²) in [4.78, 5) is 24.8. The number of aromatic nitrogens is 2. The standard InChI is InChI=1S/C19H19N3O2S/c1-24-15-4-2-13(3-5-15)17(23)14-6-9-22(10-7-14)18-16-8-11-25-19(16)21-12-20-18/h2-5,8,11-12,14H,6-7,9-10H2,1H3. The molecule has 3 heterocycles. The zero-order valence-corrected chi connectivity index (χ0v) is 14.8. The molecule has 1 saturated heterocycles. The van der Waals surface area contributed by atoms with Crippen LogP contribution in [0, 0.1) is 5.92 Å². The van der Waals surface area contributed by atoms with Crippen LogP contribution in [0.2, 0.25) is 0 Å². The van der Waals surface area contributed by atoms with E-state index in [1.807, 2.05) is 29.6 Å². The molecule has 0 spiro atoms. The van der Waals surface area contributed by atoms with Crippen LogP contribution in [0.3, 0.4) is 0 Å². The van der Waals surface area contributed by atoms with E-state index >= 15 is 0 Å². The van der Waals surface area contributed by atoms with Gasteiger partial charge in [-0.2, -0.15) is 0 Å². The van der Waals surface area contributed by atoms with Gasteiger partial charge in [0.2, 0.25) is 0 Å². The Balaban J connectivity index is 1.45. The van der Waals surface area contributed by atoms with E-state index in [4.69, 9.17) is 4.74 Å². The molecule has 0 aliphatic carbocycles. The van der Waals surface area contributed by atoms with Crippen molar-refractivity contribution in [2.45, 2.75) is 12.8 Å². The number of benzene rings is 1. The highest BCUT2D eigenvalue weighted by Gasteiger charge is 2.27. The number of ether oxygens (including phenoxy) is 1. The Morgan fingerprint density at radius 1 is 1.16 bits per heavy atom. The fourth-order valence-electron chi connectivity index (χ4n) is 3.37. The summed E-state index contributed by atoms with van der Waals surface area (Å²) in [5, 5.41) is 3.15. The first-order chi connectivity index (χ1) is 12.3. The first kappa shape index (κ1) is 16.0. The maximum absolute atomic E-state index is 12.7. The summed E-state index contributed by atoms with van der Waals surface area (Å²) in [5.41, 5.74) is 0.765. The smallest absolute Gasteiger partial charge is 0.166 e. The lowest BCUT2D eigenvalue weighted by Crippen LogP contribution is -2.37. The lowest BCUT2D eigenvalue weighted by molar-refractivity contribution is 0.0900. The van der Waals surface area contributed by atoms with Gasteiger partial charge >= 0.3 is 0 Å². The summed E-state index contributed by atoms with van der Waals surface area (Å²) in [6.07, 6.45) is 3.32. The highest BCUT2D eigenvalue weighted by Crippen LogP contribution is 2.30. The summed E-state index contributed by atoms with van der Waals surface area (Å²) in [7, 11) is 1.63. The molecule has 6 heteroatoms. The molecular weight excluding hydrogens is 334 g/mol. The molecular formula is C19H19N3O2S. The molecule has 1 fully saturated rings. The van der Waals surface area contributed by atoms with Gasteiger partial charge in [0.15, 0.2) is 5.78 Å². The molecule has 0 bridgehead atoms. The van der Waals surface area contributed by atoms with Gasteiger partial charge in [-0.3, -0.25) is 4.79 Å². The van der Waals surface area contributed by atoms with Gasteiger partial charge in [-0.05, 0) is 48.6 Å². The third kappa shape index (κ3) is 3.09. The average molecular weight is 353 g/mol. The van der Waals surface area contributed by atoms with Crippen molar-refractivity contribution in [1.29, 1.82) is 0 Å². The molecule has 3 aromatic rings. The number of methoxy groups -OCH3 is 1. The second-order valence-corrected chi connectivity index (χ2v) is 7.09. The molecule has 0 radical (unpaired) electrons. The van der Waals surface area contributed by atoms with E-state index in [2.05, 4.69) is 20.9 Å². The number of hydrogen-bond acceptors (Lipinski definition) is 6. The minimum Gasteiger partial charge on any atom is -0.497 e. The molecule has 4 rings (SSSR count). The average Bonchev–Trinajstić information content (AvgIpc) is 3.16. The second-order valence-electron chi connectivity index (χ2n) is 6.19. The van der Waals surface area contributed by atoms with Crippen molar-refractivity contribution < 1.29 is 9.53 Å². The van der Waals surface area contributed by atoms with Crippen molar-refractivity contribution in [2.75, 3.05) is 25.1 Å². The molecule has 25 heavy (non-hydrogen) atoms. The van der Waals surface area contributed by atoms with E-state index in [1.165, 1.54) is 0 Å². The number of piperidine rings is 1. The molecule has 0 N–H and O–H groups in total. The van der Waals surface area contributed by atoms with Gasteiger partial charge in [0.05, 0.1) is 12.5 Å². The highest BCUT2D eigenvalue weighted by molar-refractivity contribution is 7.16. The van der Waals surface area contributed by atoms with Crippen LogP contribution in [-0.2, 0) is 0 Å². The summed E-state index contributed by atoms with van der Waals surface area (Å²) >= 11 is 1.63. The number of ketones is 1. The molecule has 128 valence electrons. The summed E-state index contributed by atoms with van der Waals surface area (Å²) in [5.74, 6) is 2.06. The molecule has 0 unspecified atom stereocenters. The number of hydrogen-bond donors (Lipinski definition) is 0. The second kappa shape index (κ2) is 6.80. The van der Waals surface area contributed by atoms with Gasteiger partial charge in [0, 0.05) is 24.6 Å². The van der Waals surface area contributed by atoms with E-state index in [0.717, 1.165) is 53.3 Å². The number of fused-ring (bicyclic) bond motifs is 1. The van der Waals surface area contributed by atoms with Gasteiger partial charge in [0.1, 0.15) is 22.7 Å². The van der Waals surface area contributed by atoms with E-state index in [0.29, 0.717) is 0 Å². The molecule has 0 atom stereocenters. The Bertz CT molecular complexity index is 883. The van der Waals surface area contributed by atoms with Gasteiger partial charge < -0.3 is 9.64 Å². The van der Waals surface area contributed by atoms with Crippen LogP contribution in [-0.4, -0.2) is 36.0 Å². The maximum Gasteiger partial charge on any atom is 0.166 e.